The zero-order chi connectivity index (χ0) is 22.7. The normalized spacial score (nSPS) is 13.7. The number of rotatable bonds is 8. The summed E-state index contributed by atoms with van der Waals surface area (Å²) in [5.74, 6) is 3.07. The topological polar surface area (TPSA) is 88.0 Å². The van der Waals surface area contributed by atoms with Crippen LogP contribution in [0.5, 0.6) is 11.6 Å². The van der Waals surface area contributed by atoms with Gasteiger partial charge in [0, 0.05) is 64.4 Å². The number of ether oxygens (including phenoxy) is 2. The zero-order valence-electron chi connectivity index (χ0n) is 19.2. The van der Waals surface area contributed by atoms with Crippen molar-refractivity contribution in [1.29, 1.82) is 0 Å². The minimum absolute atomic E-state index is 0. The highest BCUT2D eigenvalue weighted by atomic mass is 127. The van der Waals surface area contributed by atoms with Gasteiger partial charge >= 0.3 is 0 Å². The van der Waals surface area contributed by atoms with E-state index >= 15 is 0 Å². The van der Waals surface area contributed by atoms with Crippen molar-refractivity contribution in [1.82, 2.24) is 25.2 Å². The number of nitrogens with one attached hydrogen (secondary N) is 1. The number of pyridine rings is 1. The third-order valence-corrected chi connectivity index (χ3v) is 5.22. The van der Waals surface area contributed by atoms with Crippen LogP contribution in [0.15, 0.2) is 72.1 Å². The molecule has 0 atom stereocenters. The lowest BCUT2D eigenvalue weighted by atomic mass is 10.3. The van der Waals surface area contributed by atoms with Crippen LogP contribution in [-0.2, 0) is 6.54 Å². The van der Waals surface area contributed by atoms with E-state index in [0.717, 1.165) is 49.4 Å². The number of para-hydroxylation sites is 1. The minimum Gasteiger partial charge on any atom is -0.490 e. The minimum atomic E-state index is 0. The Balaban J connectivity index is 0.00000324. The van der Waals surface area contributed by atoms with Gasteiger partial charge in [-0.25, -0.2) is 15.0 Å². The molecule has 1 aromatic carbocycles. The molecule has 1 aliphatic heterocycles. The number of aromatic nitrogens is 3. The van der Waals surface area contributed by atoms with Crippen molar-refractivity contribution in [2.45, 2.75) is 6.54 Å². The van der Waals surface area contributed by atoms with Crippen molar-refractivity contribution < 1.29 is 9.47 Å². The average Bonchev–Trinajstić information content (AvgIpc) is 2.89. The molecule has 0 bridgehead atoms. The van der Waals surface area contributed by atoms with Crippen LogP contribution in [0.3, 0.4) is 0 Å². The molecule has 0 aliphatic carbocycles. The van der Waals surface area contributed by atoms with Crippen LogP contribution in [0.4, 0.5) is 5.95 Å². The number of nitrogens with zero attached hydrogens (tertiary/aromatic N) is 6. The van der Waals surface area contributed by atoms with Gasteiger partial charge in [0.2, 0.25) is 11.8 Å². The fourth-order valence-electron chi connectivity index (χ4n) is 3.51. The predicted octanol–water partition coefficient (Wildman–Crippen LogP) is 2.85. The Labute approximate surface area is 217 Å². The van der Waals surface area contributed by atoms with Gasteiger partial charge in [-0.1, -0.05) is 24.3 Å². The maximum atomic E-state index is 5.67. The number of halogens is 1. The monoisotopic (exact) mass is 575 g/mol. The SMILES string of the molecule is CN=C(NCc1ccc(OCCOc2ccccc2)nc1)N1CCN(c2ncccn2)CC1.I. The highest BCUT2D eigenvalue weighted by Gasteiger charge is 2.21. The third-order valence-electron chi connectivity index (χ3n) is 5.22. The van der Waals surface area contributed by atoms with Gasteiger partial charge in [0.1, 0.15) is 19.0 Å². The molecule has 3 heterocycles. The molecule has 10 heteroatoms. The van der Waals surface area contributed by atoms with Crippen LogP contribution in [-0.4, -0.2) is 72.3 Å². The fraction of sp³-hybridized carbons (Fsp3) is 0.333. The molecule has 1 fully saturated rings. The van der Waals surface area contributed by atoms with Crippen LogP contribution < -0.4 is 19.7 Å². The standard InChI is InChI=1S/C24H29N7O2.HI/c1-25-23(30-12-14-31(15-13-30)24-26-10-5-11-27-24)29-19-20-8-9-22(28-18-20)33-17-16-32-21-6-3-2-4-7-21;/h2-11,18H,12-17,19H2,1H3,(H,25,29);1H. The Hall–Kier alpha value is -3.15. The highest BCUT2D eigenvalue weighted by molar-refractivity contribution is 14.0. The van der Waals surface area contributed by atoms with Crippen LogP contribution in [0.25, 0.3) is 0 Å². The molecular weight excluding hydrogens is 545 g/mol. The molecule has 2 aromatic heterocycles. The second-order valence-corrected chi connectivity index (χ2v) is 7.44. The first kappa shape index (κ1) is 25.5. The van der Waals surface area contributed by atoms with E-state index in [-0.39, 0.29) is 24.0 Å². The first-order chi connectivity index (χ1) is 16.3. The Morgan fingerprint density at radius 1 is 0.912 bits per heavy atom. The molecule has 34 heavy (non-hydrogen) atoms. The first-order valence-corrected chi connectivity index (χ1v) is 11.0. The van der Waals surface area contributed by atoms with Gasteiger partial charge in [-0.2, -0.15) is 0 Å². The average molecular weight is 575 g/mol. The van der Waals surface area contributed by atoms with E-state index in [1.807, 2.05) is 61.8 Å². The maximum Gasteiger partial charge on any atom is 0.225 e. The number of anilines is 1. The van der Waals surface area contributed by atoms with Crippen molar-refractivity contribution in [2.75, 3.05) is 51.3 Å². The quantitative estimate of drug-likeness (QED) is 0.190. The smallest absolute Gasteiger partial charge is 0.225 e. The Kier molecular flexibility index (Phi) is 10.1. The van der Waals surface area contributed by atoms with E-state index < -0.39 is 0 Å². The summed E-state index contributed by atoms with van der Waals surface area (Å²) in [7, 11) is 1.81. The van der Waals surface area contributed by atoms with E-state index in [2.05, 4.69) is 35.1 Å². The van der Waals surface area contributed by atoms with Crippen LogP contribution in [0.2, 0.25) is 0 Å². The molecular formula is C24H30IN7O2. The third kappa shape index (κ3) is 7.44. The number of piperazine rings is 1. The predicted molar refractivity (Wildman–Crippen MR) is 143 cm³/mol. The molecule has 0 radical (unpaired) electrons. The summed E-state index contributed by atoms with van der Waals surface area (Å²) in [6.07, 6.45) is 5.37. The molecule has 0 unspecified atom stereocenters. The van der Waals surface area contributed by atoms with Crippen LogP contribution >= 0.6 is 24.0 Å². The number of guanidine groups is 1. The molecule has 1 saturated heterocycles. The van der Waals surface area contributed by atoms with Gasteiger partial charge < -0.3 is 24.6 Å². The van der Waals surface area contributed by atoms with Crippen molar-refractivity contribution in [3.05, 3.63) is 72.7 Å². The molecule has 9 nitrogen and oxygen atoms in total. The molecule has 4 rings (SSSR count). The number of aliphatic imine (C=N–C) groups is 1. The summed E-state index contributed by atoms with van der Waals surface area (Å²) in [5.41, 5.74) is 1.06. The van der Waals surface area contributed by atoms with Gasteiger partial charge in [-0.15, -0.1) is 24.0 Å². The second kappa shape index (κ2) is 13.5. The van der Waals surface area contributed by atoms with Crippen LogP contribution in [0, 0.1) is 0 Å². The number of hydrogen-bond acceptors (Lipinski definition) is 7. The molecule has 0 spiro atoms. The van der Waals surface area contributed by atoms with Crippen molar-refractivity contribution in [2.24, 2.45) is 4.99 Å². The largest absolute Gasteiger partial charge is 0.490 e. The number of hydrogen-bond donors (Lipinski definition) is 1. The second-order valence-electron chi connectivity index (χ2n) is 7.44. The van der Waals surface area contributed by atoms with E-state index in [4.69, 9.17) is 9.47 Å². The highest BCUT2D eigenvalue weighted by Crippen LogP contribution is 2.12. The summed E-state index contributed by atoms with van der Waals surface area (Å²) in [6, 6.07) is 15.4. The van der Waals surface area contributed by atoms with Gasteiger partial charge in [-0.05, 0) is 23.8 Å². The summed E-state index contributed by atoms with van der Waals surface area (Å²) >= 11 is 0. The zero-order valence-corrected chi connectivity index (χ0v) is 21.5. The van der Waals surface area contributed by atoms with Gasteiger partial charge in [0.05, 0.1) is 0 Å². The van der Waals surface area contributed by atoms with Gasteiger partial charge in [0.15, 0.2) is 5.96 Å². The summed E-state index contributed by atoms with van der Waals surface area (Å²) in [4.78, 5) is 21.9. The van der Waals surface area contributed by atoms with Gasteiger partial charge in [-0.3, -0.25) is 4.99 Å². The first-order valence-electron chi connectivity index (χ1n) is 11.0. The van der Waals surface area contributed by atoms with Crippen molar-refractivity contribution in [3.8, 4) is 11.6 Å². The van der Waals surface area contributed by atoms with Crippen molar-refractivity contribution >= 4 is 35.9 Å². The molecule has 180 valence electrons. The Morgan fingerprint density at radius 2 is 1.65 bits per heavy atom. The summed E-state index contributed by atoms with van der Waals surface area (Å²) in [5, 5.41) is 3.43. The molecule has 1 N–H and O–H groups in total. The molecule has 1 aliphatic rings. The summed E-state index contributed by atoms with van der Waals surface area (Å²) < 4.78 is 11.3. The maximum absolute atomic E-state index is 5.67. The van der Waals surface area contributed by atoms with E-state index in [9.17, 15) is 0 Å². The summed E-state index contributed by atoms with van der Waals surface area (Å²) in [6.45, 7) is 4.96. The van der Waals surface area contributed by atoms with Crippen molar-refractivity contribution in [3.63, 3.8) is 0 Å². The van der Waals surface area contributed by atoms with E-state index in [1.165, 1.54) is 0 Å². The lowest BCUT2D eigenvalue weighted by molar-refractivity contribution is 0.212. The fourth-order valence-corrected chi connectivity index (χ4v) is 3.51. The Bertz CT molecular complexity index is 999. The van der Waals surface area contributed by atoms with E-state index in [0.29, 0.717) is 25.6 Å². The molecule has 0 amide bonds. The van der Waals surface area contributed by atoms with E-state index in [1.54, 1.807) is 12.4 Å². The molecule has 3 aromatic rings. The lowest BCUT2D eigenvalue weighted by Gasteiger charge is -2.36. The van der Waals surface area contributed by atoms with Crippen LogP contribution in [0.1, 0.15) is 5.56 Å². The Morgan fingerprint density at radius 3 is 2.32 bits per heavy atom. The number of benzene rings is 1. The lowest BCUT2D eigenvalue weighted by Crippen LogP contribution is -2.52. The van der Waals surface area contributed by atoms with Gasteiger partial charge in [0.25, 0.3) is 0 Å². The molecule has 0 saturated carbocycles.